The molecule has 1 fully saturated rings. The number of hydrogen-bond acceptors (Lipinski definition) is 6. The number of nitrogens with two attached hydrogens (primary N) is 1. The number of nitrogen functional groups attached to an aromatic ring is 1. The van der Waals surface area contributed by atoms with E-state index < -0.39 is 0 Å². The summed E-state index contributed by atoms with van der Waals surface area (Å²) in [5.74, 6) is -0.0744. The largest absolute Gasteiger partial charge is 0.431 e. The highest BCUT2D eigenvalue weighted by Gasteiger charge is 2.28. The molecule has 8 heteroatoms. The van der Waals surface area contributed by atoms with Crippen LogP contribution in [0.4, 0.5) is 0 Å². The van der Waals surface area contributed by atoms with Crippen LogP contribution in [0.15, 0.2) is 33.6 Å². The fourth-order valence-electron chi connectivity index (χ4n) is 5.08. The summed E-state index contributed by atoms with van der Waals surface area (Å²) in [7, 11) is 0. The molecule has 1 aromatic carbocycles. The number of piperidine rings is 1. The minimum Gasteiger partial charge on any atom is -0.431 e. The third-order valence-electron chi connectivity index (χ3n) is 6.63. The summed E-state index contributed by atoms with van der Waals surface area (Å²) in [5.41, 5.74) is 7.67. The Morgan fingerprint density at radius 3 is 2.78 bits per heavy atom. The van der Waals surface area contributed by atoms with E-state index in [9.17, 15) is 4.79 Å². The van der Waals surface area contributed by atoms with Crippen molar-refractivity contribution < 1.29 is 4.42 Å². The van der Waals surface area contributed by atoms with Crippen LogP contribution in [0.5, 0.6) is 0 Å². The smallest absolute Gasteiger partial charge is 0.280 e. The first-order valence-corrected chi connectivity index (χ1v) is 11.4. The molecule has 1 aliphatic rings. The van der Waals surface area contributed by atoms with E-state index in [0.717, 1.165) is 30.3 Å². The summed E-state index contributed by atoms with van der Waals surface area (Å²) in [6.07, 6.45) is 8.25. The van der Waals surface area contributed by atoms with E-state index in [1.54, 1.807) is 0 Å². The second-order valence-electron chi connectivity index (χ2n) is 8.99. The van der Waals surface area contributed by atoms with Gasteiger partial charge in [0.15, 0.2) is 17.3 Å². The van der Waals surface area contributed by atoms with Crippen LogP contribution >= 0.6 is 0 Å². The SMILES string of the molecule is CC(CCCc1cccc2nc(-c3ncc(C(=N)N)o3)c(=O)[nH]c12)N1C(C)CCCC1C. The maximum absolute atomic E-state index is 12.7. The number of amidine groups is 1. The van der Waals surface area contributed by atoms with Gasteiger partial charge in [0.1, 0.15) is 0 Å². The molecule has 1 aliphatic heterocycles. The van der Waals surface area contributed by atoms with Crippen LogP contribution in [0, 0.1) is 5.41 Å². The topological polar surface area (TPSA) is 125 Å². The number of aryl methyl sites for hydroxylation is 1. The van der Waals surface area contributed by atoms with Crippen molar-refractivity contribution in [2.24, 2.45) is 5.73 Å². The molecule has 3 heterocycles. The zero-order chi connectivity index (χ0) is 22.8. The molecule has 0 radical (unpaired) electrons. The molecule has 0 spiro atoms. The summed E-state index contributed by atoms with van der Waals surface area (Å²) < 4.78 is 5.41. The highest BCUT2D eigenvalue weighted by molar-refractivity contribution is 5.92. The third kappa shape index (κ3) is 4.46. The van der Waals surface area contributed by atoms with Gasteiger partial charge >= 0.3 is 0 Å². The minimum absolute atomic E-state index is 0.0577. The van der Waals surface area contributed by atoms with E-state index >= 15 is 0 Å². The Bertz CT molecular complexity index is 1160. The first-order valence-electron chi connectivity index (χ1n) is 11.4. The molecule has 4 rings (SSSR count). The molecule has 1 saturated heterocycles. The van der Waals surface area contributed by atoms with Crippen LogP contribution in [0.3, 0.4) is 0 Å². The summed E-state index contributed by atoms with van der Waals surface area (Å²) in [6, 6.07) is 7.71. The van der Waals surface area contributed by atoms with Gasteiger partial charge in [0.05, 0.1) is 17.2 Å². The molecule has 0 saturated carbocycles. The van der Waals surface area contributed by atoms with Crippen LogP contribution in [0.1, 0.15) is 64.2 Å². The second kappa shape index (κ2) is 9.24. The minimum atomic E-state index is -0.369. The molecule has 0 aliphatic carbocycles. The predicted molar refractivity (Wildman–Crippen MR) is 126 cm³/mol. The van der Waals surface area contributed by atoms with Crippen LogP contribution in [0.2, 0.25) is 0 Å². The fraction of sp³-hybridized carbons (Fsp3) is 0.500. The molecule has 2 aromatic heterocycles. The number of nitrogens with one attached hydrogen (secondary N) is 2. The van der Waals surface area contributed by atoms with E-state index in [4.69, 9.17) is 15.6 Å². The molecule has 0 amide bonds. The Morgan fingerprint density at radius 2 is 2.09 bits per heavy atom. The molecule has 3 aromatic rings. The maximum atomic E-state index is 12.7. The number of rotatable bonds is 7. The molecule has 170 valence electrons. The van der Waals surface area contributed by atoms with Gasteiger partial charge in [0.25, 0.3) is 11.4 Å². The van der Waals surface area contributed by atoms with Gasteiger partial charge in [-0.05, 0) is 64.5 Å². The maximum Gasteiger partial charge on any atom is 0.280 e. The Morgan fingerprint density at radius 1 is 1.34 bits per heavy atom. The zero-order valence-electron chi connectivity index (χ0n) is 19.0. The highest BCUT2D eigenvalue weighted by atomic mass is 16.4. The van der Waals surface area contributed by atoms with Crippen molar-refractivity contribution in [3.63, 3.8) is 0 Å². The summed E-state index contributed by atoms with van der Waals surface area (Å²) in [4.78, 5) is 26.9. The van der Waals surface area contributed by atoms with Gasteiger partial charge in [0.2, 0.25) is 0 Å². The molecule has 3 unspecified atom stereocenters. The number of hydrogen-bond donors (Lipinski definition) is 3. The van der Waals surface area contributed by atoms with Crippen molar-refractivity contribution in [1.82, 2.24) is 19.9 Å². The highest BCUT2D eigenvalue weighted by Crippen LogP contribution is 2.27. The van der Waals surface area contributed by atoms with Gasteiger partial charge in [-0.3, -0.25) is 15.1 Å². The van der Waals surface area contributed by atoms with Gasteiger partial charge in [-0.1, -0.05) is 18.6 Å². The first kappa shape index (κ1) is 22.2. The van der Waals surface area contributed by atoms with Crippen molar-refractivity contribution >= 4 is 16.9 Å². The Hall–Kier alpha value is -3.00. The van der Waals surface area contributed by atoms with Gasteiger partial charge in [-0.2, -0.15) is 0 Å². The molecular weight excluding hydrogens is 404 g/mol. The van der Waals surface area contributed by atoms with Crippen LogP contribution in [-0.2, 0) is 6.42 Å². The number of oxazole rings is 1. The van der Waals surface area contributed by atoms with Gasteiger partial charge in [0, 0.05) is 18.1 Å². The Balaban J connectivity index is 1.50. The average molecular weight is 437 g/mol. The lowest BCUT2D eigenvalue weighted by Gasteiger charge is -2.43. The van der Waals surface area contributed by atoms with Crippen molar-refractivity contribution in [3.05, 3.63) is 46.1 Å². The van der Waals surface area contributed by atoms with Crippen LogP contribution in [0.25, 0.3) is 22.6 Å². The number of aromatic amines is 1. The number of likely N-dealkylation sites (tertiary alicyclic amines) is 1. The number of benzene rings is 1. The number of fused-ring (bicyclic) bond motifs is 1. The van der Waals surface area contributed by atoms with E-state index in [1.807, 2.05) is 12.1 Å². The summed E-state index contributed by atoms with van der Waals surface area (Å²) in [6.45, 7) is 7.03. The second-order valence-corrected chi connectivity index (χ2v) is 8.99. The van der Waals surface area contributed by atoms with Gasteiger partial charge in [-0.25, -0.2) is 9.97 Å². The van der Waals surface area contributed by atoms with Gasteiger partial charge in [-0.15, -0.1) is 0 Å². The van der Waals surface area contributed by atoms with Crippen molar-refractivity contribution in [2.75, 3.05) is 0 Å². The fourth-order valence-corrected chi connectivity index (χ4v) is 5.08. The lowest BCUT2D eigenvalue weighted by molar-refractivity contribution is 0.0580. The van der Waals surface area contributed by atoms with Crippen molar-refractivity contribution in [1.29, 1.82) is 5.41 Å². The molecule has 8 nitrogen and oxygen atoms in total. The van der Waals surface area contributed by atoms with E-state index in [2.05, 4.69) is 46.7 Å². The molecule has 3 atom stereocenters. The molecular formula is C24H32N6O2. The summed E-state index contributed by atoms with van der Waals surface area (Å²) in [5, 5.41) is 7.44. The standard InChI is InChI=1S/C24H32N6O2/c1-14-7-4-8-15(2)30(14)16(3)9-5-10-17-11-6-12-18-20(17)29-23(31)21(28-18)24-27-13-19(32-24)22(25)26/h6,11-16H,4-5,7-10H2,1-3H3,(H3,25,26)(H,29,31). The van der Waals surface area contributed by atoms with Crippen molar-refractivity contribution in [2.45, 2.75) is 77.4 Å². The molecule has 0 bridgehead atoms. The molecule has 32 heavy (non-hydrogen) atoms. The summed E-state index contributed by atoms with van der Waals surface area (Å²) >= 11 is 0. The van der Waals surface area contributed by atoms with Crippen LogP contribution in [-0.4, -0.2) is 43.8 Å². The Kier molecular flexibility index (Phi) is 6.41. The van der Waals surface area contributed by atoms with E-state index in [-0.39, 0.29) is 28.7 Å². The number of H-pyrrole nitrogens is 1. The monoisotopic (exact) mass is 436 g/mol. The average Bonchev–Trinajstić information content (AvgIpc) is 3.24. The number of aromatic nitrogens is 3. The lowest BCUT2D eigenvalue weighted by atomic mass is 9.93. The van der Waals surface area contributed by atoms with E-state index in [1.165, 1.54) is 25.5 Å². The van der Waals surface area contributed by atoms with Crippen molar-refractivity contribution in [3.8, 4) is 11.6 Å². The lowest BCUT2D eigenvalue weighted by Crippen LogP contribution is -2.48. The number of nitrogens with zero attached hydrogens (tertiary/aromatic N) is 3. The quantitative estimate of drug-likeness (QED) is 0.382. The normalized spacial score (nSPS) is 20.5. The van der Waals surface area contributed by atoms with Gasteiger partial charge < -0.3 is 15.1 Å². The zero-order valence-corrected chi connectivity index (χ0v) is 19.0. The van der Waals surface area contributed by atoms with Crippen LogP contribution < -0.4 is 11.3 Å². The first-order chi connectivity index (χ1) is 15.3. The third-order valence-corrected chi connectivity index (χ3v) is 6.63. The predicted octanol–water partition coefficient (Wildman–Crippen LogP) is 3.84. The van der Waals surface area contributed by atoms with E-state index in [0.29, 0.717) is 23.6 Å². The molecule has 4 N–H and O–H groups in total. The number of para-hydroxylation sites is 1. The Labute approximate surface area is 187 Å².